The third-order valence-electron chi connectivity index (χ3n) is 4.94. The third kappa shape index (κ3) is 4.63. The third-order valence-corrected chi connectivity index (χ3v) is 4.94. The Bertz CT molecular complexity index is 753. The van der Waals surface area contributed by atoms with Crippen molar-refractivity contribution in [2.75, 3.05) is 25.4 Å². The number of hydrogen-bond donors (Lipinski definition) is 2. The predicted octanol–water partition coefficient (Wildman–Crippen LogP) is 2.48. The van der Waals surface area contributed by atoms with Crippen LogP contribution in [0.3, 0.4) is 0 Å². The molecule has 3 N–H and O–H groups in total. The maximum absolute atomic E-state index is 12.4. The first-order chi connectivity index (χ1) is 12.6. The van der Waals surface area contributed by atoms with Crippen LogP contribution in [0.15, 0.2) is 54.6 Å². The summed E-state index contributed by atoms with van der Waals surface area (Å²) in [6.45, 7) is 1.51. The van der Waals surface area contributed by atoms with E-state index in [4.69, 9.17) is 5.73 Å². The van der Waals surface area contributed by atoms with Gasteiger partial charge in [-0.15, -0.1) is 0 Å². The number of hydrogen-bond acceptors (Lipinski definition) is 3. The van der Waals surface area contributed by atoms with Gasteiger partial charge < -0.3 is 16.0 Å². The first-order valence-corrected chi connectivity index (χ1v) is 9.08. The van der Waals surface area contributed by atoms with Crippen LogP contribution in [-0.2, 0) is 11.2 Å². The van der Waals surface area contributed by atoms with Gasteiger partial charge in [-0.2, -0.15) is 0 Å². The van der Waals surface area contributed by atoms with Gasteiger partial charge in [0.05, 0.1) is 12.1 Å². The van der Waals surface area contributed by atoms with E-state index in [-0.39, 0.29) is 18.4 Å². The summed E-state index contributed by atoms with van der Waals surface area (Å²) in [6, 6.07) is 17.3. The van der Waals surface area contributed by atoms with Crippen LogP contribution in [0.5, 0.6) is 0 Å². The lowest BCUT2D eigenvalue weighted by atomic mass is 9.90. The van der Waals surface area contributed by atoms with Crippen LogP contribution in [0.4, 0.5) is 5.69 Å². The topological polar surface area (TPSA) is 75.4 Å². The summed E-state index contributed by atoms with van der Waals surface area (Å²) < 4.78 is 0. The number of carbonyl (C=O) groups is 2. The quantitative estimate of drug-likeness (QED) is 0.813. The first-order valence-electron chi connectivity index (χ1n) is 9.08. The molecule has 136 valence electrons. The Morgan fingerprint density at radius 2 is 1.65 bits per heavy atom. The zero-order chi connectivity index (χ0) is 18.4. The summed E-state index contributed by atoms with van der Waals surface area (Å²) >= 11 is 0. The van der Waals surface area contributed by atoms with E-state index in [1.807, 2.05) is 11.0 Å². The number of rotatable bonds is 5. The van der Waals surface area contributed by atoms with Gasteiger partial charge >= 0.3 is 0 Å². The molecule has 1 fully saturated rings. The van der Waals surface area contributed by atoms with Crippen LogP contribution >= 0.6 is 0 Å². The molecule has 2 amide bonds. The molecular weight excluding hydrogens is 326 g/mol. The van der Waals surface area contributed by atoms with E-state index < -0.39 is 0 Å². The second kappa shape index (κ2) is 8.52. The second-order valence-electron chi connectivity index (χ2n) is 6.78. The van der Waals surface area contributed by atoms with Crippen LogP contribution in [0, 0.1) is 5.92 Å². The van der Waals surface area contributed by atoms with Gasteiger partial charge in [-0.1, -0.05) is 42.5 Å². The number of piperidine rings is 1. The van der Waals surface area contributed by atoms with E-state index in [0.717, 1.165) is 32.4 Å². The fraction of sp³-hybridized carbons (Fsp3) is 0.333. The van der Waals surface area contributed by atoms with Crippen molar-refractivity contribution in [3.8, 4) is 0 Å². The molecule has 1 aliphatic rings. The number of para-hydroxylation sites is 1. The zero-order valence-corrected chi connectivity index (χ0v) is 14.9. The maximum atomic E-state index is 12.4. The Balaban J connectivity index is 1.44. The largest absolute Gasteiger partial charge is 0.398 e. The molecular formula is C21H25N3O2. The SMILES string of the molecule is Nc1ccccc1C(=O)NCC(=O)N1CCC(Cc2ccccc2)CC1. The molecule has 0 radical (unpaired) electrons. The molecule has 5 nitrogen and oxygen atoms in total. The number of nitrogens with zero attached hydrogens (tertiary/aromatic N) is 1. The van der Waals surface area contributed by atoms with E-state index in [1.54, 1.807) is 24.3 Å². The molecule has 2 aromatic rings. The standard InChI is InChI=1S/C21H25N3O2/c22-19-9-5-4-8-18(19)21(26)23-15-20(25)24-12-10-17(11-13-24)14-16-6-2-1-3-7-16/h1-9,17H,10-15,22H2,(H,23,26). The molecule has 1 aliphatic heterocycles. The summed E-state index contributed by atoms with van der Waals surface area (Å²) in [7, 11) is 0. The number of nitrogen functional groups attached to an aromatic ring is 1. The number of nitrogens with one attached hydrogen (secondary N) is 1. The van der Waals surface area contributed by atoms with E-state index >= 15 is 0 Å². The minimum Gasteiger partial charge on any atom is -0.398 e. The average Bonchev–Trinajstić information content (AvgIpc) is 2.67. The zero-order valence-electron chi connectivity index (χ0n) is 14.9. The molecule has 0 aliphatic carbocycles. The van der Waals surface area contributed by atoms with Crippen LogP contribution in [-0.4, -0.2) is 36.3 Å². The normalized spacial score (nSPS) is 14.8. The van der Waals surface area contributed by atoms with Crippen molar-refractivity contribution < 1.29 is 9.59 Å². The molecule has 1 saturated heterocycles. The molecule has 26 heavy (non-hydrogen) atoms. The van der Waals surface area contributed by atoms with Crippen LogP contribution < -0.4 is 11.1 Å². The Labute approximate surface area is 154 Å². The van der Waals surface area contributed by atoms with Crippen molar-refractivity contribution in [3.05, 3.63) is 65.7 Å². The Morgan fingerprint density at radius 3 is 2.35 bits per heavy atom. The fourth-order valence-electron chi connectivity index (χ4n) is 3.40. The lowest BCUT2D eigenvalue weighted by Crippen LogP contribution is -2.44. The Morgan fingerprint density at radius 1 is 1.00 bits per heavy atom. The number of likely N-dealkylation sites (tertiary alicyclic amines) is 1. The van der Waals surface area contributed by atoms with Gasteiger partial charge in [-0.25, -0.2) is 0 Å². The van der Waals surface area contributed by atoms with Gasteiger partial charge in [-0.3, -0.25) is 9.59 Å². The number of benzene rings is 2. The molecule has 0 atom stereocenters. The monoisotopic (exact) mass is 351 g/mol. The molecule has 1 heterocycles. The number of carbonyl (C=O) groups excluding carboxylic acids is 2. The smallest absolute Gasteiger partial charge is 0.253 e. The van der Waals surface area contributed by atoms with E-state index in [0.29, 0.717) is 17.2 Å². The van der Waals surface area contributed by atoms with Crippen molar-refractivity contribution >= 4 is 17.5 Å². The maximum Gasteiger partial charge on any atom is 0.253 e. The van der Waals surface area contributed by atoms with Crippen LogP contribution in [0.2, 0.25) is 0 Å². The second-order valence-corrected chi connectivity index (χ2v) is 6.78. The number of anilines is 1. The van der Waals surface area contributed by atoms with Gasteiger partial charge in [0.25, 0.3) is 5.91 Å². The molecule has 0 unspecified atom stereocenters. The lowest BCUT2D eigenvalue weighted by Gasteiger charge is -2.32. The van der Waals surface area contributed by atoms with Crippen molar-refractivity contribution in [3.63, 3.8) is 0 Å². The summed E-state index contributed by atoms with van der Waals surface area (Å²) in [5, 5.41) is 2.68. The first kappa shape index (κ1) is 18.0. The van der Waals surface area contributed by atoms with Crippen molar-refractivity contribution in [2.24, 2.45) is 5.92 Å². The Hall–Kier alpha value is -2.82. The van der Waals surface area contributed by atoms with E-state index in [1.165, 1.54) is 5.56 Å². The molecule has 0 bridgehead atoms. The molecule has 0 aromatic heterocycles. The Kier molecular flexibility index (Phi) is 5.89. The van der Waals surface area contributed by atoms with Crippen LogP contribution in [0.1, 0.15) is 28.8 Å². The van der Waals surface area contributed by atoms with Crippen molar-refractivity contribution in [2.45, 2.75) is 19.3 Å². The summed E-state index contributed by atoms with van der Waals surface area (Å²) in [5.41, 5.74) is 7.97. The summed E-state index contributed by atoms with van der Waals surface area (Å²) in [5.74, 6) is 0.265. The molecule has 0 spiro atoms. The van der Waals surface area contributed by atoms with Gasteiger partial charge in [0.15, 0.2) is 0 Å². The van der Waals surface area contributed by atoms with Crippen molar-refractivity contribution in [1.29, 1.82) is 0 Å². The van der Waals surface area contributed by atoms with E-state index in [2.05, 4.69) is 29.6 Å². The van der Waals surface area contributed by atoms with Gasteiger partial charge in [0.1, 0.15) is 0 Å². The molecule has 5 heteroatoms. The molecule has 3 rings (SSSR count). The summed E-state index contributed by atoms with van der Waals surface area (Å²) in [4.78, 5) is 26.4. The van der Waals surface area contributed by atoms with Gasteiger partial charge in [-0.05, 0) is 42.9 Å². The number of amides is 2. The molecule has 2 aromatic carbocycles. The highest BCUT2D eigenvalue weighted by molar-refractivity contribution is 6.00. The van der Waals surface area contributed by atoms with E-state index in [9.17, 15) is 9.59 Å². The van der Waals surface area contributed by atoms with Crippen LogP contribution in [0.25, 0.3) is 0 Å². The molecule has 0 saturated carbocycles. The number of nitrogens with two attached hydrogens (primary N) is 1. The highest BCUT2D eigenvalue weighted by Gasteiger charge is 2.23. The highest BCUT2D eigenvalue weighted by atomic mass is 16.2. The predicted molar refractivity (Wildman–Crippen MR) is 103 cm³/mol. The highest BCUT2D eigenvalue weighted by Crippen LogP contribution is 2.21. The van der Waals surface area contributed by atoms with Gasteiger partial charge in [0, 0.05) is 18.8 Å². The van der Waals surface area contributed by atoms with Gasteiger partial charge in [0.2, 0.25) is 5.91 Å². The fourth-order valence-corrected chi connectivity index (χ4v) is 3.40. The summed E-state index contributed by atoms with van der Waals surface area (Å²) in [6.07, 6.45) is 3.06. The minimum atomic E-state index is -0.310. The van der Waals surface area contributed by atoms with Crippen molar-refractivity contribution in [1.82, 2.24) is 10.2 Å². The average molecular weight is 351 g/mol. The minimum absolute atomic E-state index is 0.0104. The lowest BCUT2D eigenvalue weighted by molar-refractivity contribution is -0.131.